The Morgan fingerprint density at radius 1 is 1.38 bits per heavy atom. The van der Waals surface area contributed by atoms with Gasteiger partial charge in [0.2, 0.25) is 5.76 Å². The minimum absolute atomic E-state index is 0.0363. The predicted molar refractivity (Wildman–Crippen MR) is 72.2 cm³/mol. The lowest BCUT2D eigenvalue weighted by atomic mass is 10.0. The summed E-state index contributed by atoms with van der Waals surface area (Å²) in [5.74, 6) is -0.718. The van der Waals surface area contributed by atoms with Gasteiger partial charge in [-0.2, -0.15) is 0 Å². The molecule has 0 radical (unpaired) electrons. The van der Waals surface area contributed by atoms with E-state index in [1.54, 1.807) is 6.92 Å². The molecule has 0 aliphatic rings. The van der Waals surface area contributed by atoms with Gasteiger partial charge in [-0.25, -0.2) is 4.79 Å². The number of furan rings is 1. The van der Waals surface area contributed by atoms with Crippen LogP contribution in [0.2, 0.25) is 0 Å². The molecule has 7 heteroatoms. The molecule has 0 bridgehead atoms. The van der Waals surface area contributed by atoms with Crippen LogP contribution in [0.15, 0.2) is 21.1 Å². The first kappa shape index (κ1) is 14.8. The quantitative estimate of drug-likeness (QED) is 0.876. The van der Waals surface area contributed by atoms with Gasteiger partial charge in [0.25, 0.3) is 5.91 Å². The summed E-state index contributed by atoms with van der Waals surface area (Å²) in [5.41, 5.74) is 0.928. The molecule has 2 N–H and O–H groups in total. The number of aromatic carboxylic acids is 1. The minimum atomic E-state index is -1.15. The highest BCUT2D eigenvalue weighted by molar-refractivity contribution is 5.96. The summed E-state index contributed by atoms with van der Waals surface area (Å²) in [6.45, 7) is 5.60. The van der Waals surface area contributed by atoms with Crippen molar-refractivity contribution in [3.8, 4) is 0 Å². The zero-order valence-corrected chi connectivity index (χ0v) is 12.0. The molecule has 2 rings (SSSR count). The molecular weight excluding hydrogens is 276 g/mol. The van der Waals surface area contributed by atoms with Crippen LogP contribution in [0.1, 0.15) is 57.9 Å². The molecule has 0 unspecified atom stereocenters. The molecule has 21 heavy (non-hydrogen) atoms. The Labute approximate surface area is 120 Å². The summed E-state index contributed by atoms with van der Waals surface area (Å²) in [4.78, 5) is 22.9. The molecule has 0 fully saturated rings. The summed E-state index contributed by atoms with van der Waals surface area (Å²) >= 11 is 0. The van der Waals surface area contributed by atoms with E-state index in [4.69, 9.17) is 14.0 Å². The Morgan fingerprint density at radius 2 is 2.10 bits per heavy atom. The van der Waals surface area contributed by atoms with E-state index in [9.17, 15) is 9.59 Å². The number of carboxylic acids is 1. The summed E-state index contributed by atoms with van der Waals surface area (Å²) in [6, 6.07) is 2.85. The molecule has 0 spiro atoms. The Hall–Kier alpha value is -2.57. The maximum absolute atomic E-state index is 12.2. The lowest BCUT2D eigenvalue weighted by Gasteiger charge is -2.05. The average Bonchev–Trinajstić information content (AvgIpc) is 3.02. The van der Waals surface area contributed by atoms with E-state index in [0.717, 1.165) is 0 Å². The maximum Gasteiger partial charge on any atom is 0.371 e. The van der Waals surface area contributed by atoms with Gasteiger partial charge in [0.1, 0.15) is 11.3 Å². The van der Waals surface area contributed by atoms with Crippen LogP contribution in [0.4, 0.5) is 0 Å². The predicted octanol–water partition coefficient (Wildman–Crippen LogP) is 2.33. The SMILES string of the molecule is Cc1noc(C(C)C)c1C(=O)NCc1ccc(C(=O)O)o1. The standard InChI is InChI=1S/C14H16N2O5/c1-7(2)12-11(8(3)16-21-12)13(17)15-6-9-4-5-10(20-9)14(18)19/h4-5,7H,6H2,1-3H3,(H,15,17)(H,18,19). The minimum Gasteiger partial charge on any atom is -0.475 e. The first-order chi connectivity index (χ1) is 9.90. The van der Waals surface area contributed by atoms with Crippen LogP contribution in [-0.4, -0.2) is 22.1 Å². The van der Waals surface area contributed by atoms with Gasteiger partial charge in [-0.15, -0.1) is 0 Å². The van der Waals surface area contributed by atoms with Gasteiger partial charge in [0.05, 0.1) is 12.2 Å². The normalized spacial score (nSPS) is 10.9. The van der Waals surface area contributed by atoms with E-state index in [1.807, 2.05) is 13.8 Å². The Morgan fingerprint density at radius 3 is 2.67 bits per heavy atom. The number of hydrogen-bond acceptors (Lipinski definition) is 5. The van der Waals surface area contributed by atoms with E-state index in [-0.39, 0.29) is 24.1 Å². The number of nitrogens with zero attached hydrogens (tertiary/aromatic N) is 1. The van der Waals surface area contributed by atoms with Crippen LogP contribution in [0.5, 0.6) is 0 Å². The highest BCUT2D eigenvalue weighted by Crippen LogP contribution is 2.22. The van der Waals surface area contributed by atoms with Crippen LogP contribution < -0.4 is 5.32 Å². The van der Waals surface area contributed by atoms with Gasteiger partial charge in [0, 0.05) is 5.92 Å². The van der Waals surface area contributed by atoms with Crippen molar-refractivity contribution in [3.63, 3.8) is 0 Å². The average molecular weight is 292 g/mol. The highest BCUT2D eigenvalue weighted by atomic mass is 16.5. The van der Waals surface area contributed by atoms with Crippen LogP contribution in [-0.2, 0) is 6.54 Å². The topological polar surface area (TPSA) is 106 Å². The fraction of sp³-hybridized carbons (Fsp3) is 0.357. The molecule has 2 aromatic heterocycles. The van der Waals surface area contributed by atoms with E-state index in [2.05, 4.69) is 10.5 Å². The lowest BCUT2D eigenvalue weighted by molar-refractivity contribution is 0.0660. The fourth-order valence-electron chi connectivity index (χ4n) is 1.90. The maximum atomic E-state index is 12.2. The van der Waals surface area contributed by atoms with Crippen molar-refractivity contribution < 1.29 is 23.6 Å². The number of carbonyl (C=O) groups is 2. The first-order valence-electron chi connectivity index (χ1n) is 6.46. The van der Waals surface area contributed by atoms with Gasteiger partial charge in [0.15, 0.2) is 5.76 Å². The van der Waals surface area contributed by atoms with Crippen LogP contribution in [0, 0.1) is 6.92 Å². The van der Waals surface area contributed by atoms with Crippen molar-refractivity contribution in [3.05, 3.63) is 40.7 Å². The Bertz CT molecular complexity index is 669. The number of rotatable bonds is 5. The smallest absolute Gasteiger partial charge is 0.371 e. The van der Waals surface area contributed by atoms with Crippen molar-refractivity contribution in [2.45, 2.75) is 33.2 Å². The molecule has 0 aliphatic carbocycles. The van der Waals surface area contributed by atoms with Crippen molar-refractivity contribution >= 4 is 11.9 Å². The van der Waals surface area contributed by atoms with Crippen molar-refractivity contribution in [2.75, 3.05) is 0 Å². The van der Waals surface area contributed by atoms with Gasteiger partial charge in [-0.05, 0) is 19.1 Å². The molecule has 112 valence electrons. The third-order valence-corrected chi connectivity index (χ3v) is 2.94. The molecule has 0 saturated heterocycles. The summed E-state index contributed by atoms with van der Waals surface area (Å²) in [7, 11) is 0. The monoisotopic (exact) mass is 292 g/mol. The largest absolute Gasteiger partial charge is 0.475 e. The first-order valence-corrected chi connectivity index (χ1v) is 6.46. The van der Waals surface area contributed by atoms with Gasteiger partial charge >= 0.3 is 5.97 Å². The molecule has 1 amide bonds. The summed E-state index contributed by atoms with van der Waals surface area (Å²) < 4.78 is 10.2. The third kappa shape index (κ3) is 3.13. The molecule has 2 aromatic rings. The van der Waals surface area contributed by atoms with Gasteiger partial charge in [-0.1, -0.05) is 19.0 Å². The number of aromatic nitrogens is 1. The Kier molecular flexibility index (Phi) is 4.11. The number of amides is 1. The van der Waals surface area contributed by atoms with Crippen molar-refractivity contribution in [1.29, 1.82) is 0 Å². The molecule has 2 heterocycles. The number of carbonyl (C=O) groups excluding carboxylic acids is 1. The van der Waals surface area contributed by atoms with E-state index in [1.165, 1.54) is 12.1 Å². The fourth-order valence-corrected chi connectivity index (χ4v) is 1.90. The molecule has 0 atom stereocenters. The van der Waals surface area contributed by atoms with E-state index < -0.39 is 5.97 Å². The van der Waals surface area contributed by atoms with Crippen molar-refractivity contribution in [2.24, 2.45) is 0 Å². The lowest BCUT2D eigenvalue weighted by Crippen LogP contribution is -2.24. The van der Waals surface area contributed by atoms with Gasteiger partial charge < -0.3 is 19.4 Å². The van der Waals surface area contributed by atoms with Crippen molar-refractivity contribution in [1.82, 2.24) is 10.5 Å². The number of carboxylic acid groups (broad SMARTS) is 1. The van der Waals surface area contributed by atoms with Crippen LogP contribution in [0.25, 0.3) is 0 Å². The Balaban J connectivity index is 2.08. The number of nitrogens with one attached hydrogen (secondary N) is 1. The molecule has 0 aliphatic heterocycles. The zero-order valence-electron chi connectivity index (χ0n) is 12.0. The summed E-state index contributed by atoms with van der Waals surface area (Å²) in [5, 5.41) is 15.2. The van der Waals surface area contributed by atoms with Crippen LogP contribution >= 0.6 is 0 Å². The molecule has 7 nitrogen and oxygen atoms in total. The van der Waals surface area contributed by atoms with Gasteiger partial charge in [-0.3, -0.25) is 4.79 Å². The highest BCUT2D eigenvalue weighted by Gasteiger charge is 2.22. The second-order valence-electron chi connectivity index (χ2n) is 4.92. The van der Waals surface area contributed by atoms with Crippen LogP contribution in [0.3, 0.4) is 0 Å². The molecule has 0 saturated carbocycles. The number of hydrogen-bond donors (Lipinski definition) is 2. The molecule has 0 aromatic carbocycles. The zero-order chi connectivity index (χ0) is 15.6. The number of aryl methyl sites for hydroxylation is 1. The second kappa shape index (κ2) is 5.82. The van der Waals surface area contributed by atoms with E-state index in [0.29, 0.717) is 22.8 Å². The molecular formula is C14H16N2O5. The van der Waals surface area contributed by atoms with E-state index >= 15 is 0 Å². The third-order valence-electron chi connectivity index (χ3n) is 2.94. The second-order valence-corrected chi connectivity index (χ2v) is 4.92. The summed E-state index contributed by atoms with van der Waals surface area (Å²) in [6.07, 6.45) is 0.